The van der Waals surface area contributed by atoms with Crippen LogP contribution in [0, 0.1) is 0 Å². The first-order valence-corrected chi connectivity index (χ1v) is 6.62. The molecule has 5 heteroatoms. The van der Waals surface area contributed by atoms with Gasteiger partial charge in [-0.15, -0.1) is 0 Å². The molecule has 102 valence electrons. The van der Waals surface area contributed by atoms with E-state index >= 15 is 0 Å². The van der Waals surface area contributed by atoms with E-state index in [4.69, 9.17) is 4.74 Å². The quantitative estimate of drug-likeness (QED) is 0.777. The third-order valence-corrected chi connectivity index (χ3v) is 3.21. The van der Waals surface area contributed by atoms with Crippen LogP contribution in [0.1, 0.15) is 36.7 Å². The van der Waals surface area contributed by atoms with E-state index in [0.717, 1.165) is 12.8 Å². The molecule has 1 aliphatic heterocycles. The van der Waals surface area contributed by atoms with Crippen molar-refractivity contribution in [1.29, 1.82) is 0 Å². The Morgan fingerprint density at radius 3 is 2.95 bits per heavy atom. The molecule has 1 aromatic heterocycles. The highest BCUT2D eigenvalue weighted by Crippen LogP contribution is 2.20. The van der Waals surface area contributed by atoms with Crippen LogP contribution in [-0.2, 0) is 9.53 Å². The van der Waals surface area contributed by atoms with Gasteiger partial charge in [-0.2, -0.15) is 0 Å². The van der Waals surface area contributed by atoms with Gasteiger partial charge in [-0.1, -0.05) is 6.07 Å². The van der Waals surface area contributed by atoms with E-state index in [1.165, 1.54) is 0 Å². The third kappa shape index (κ3) is 3.10. The molecule has 0 spiro atoms. The molecule has 0 aromatic carbocycles. The highest BCUT2D eigenvalue weighted by molar-refractivity contribution is 5.95. The largest absolute Gasteiger partial charge is 0.464 e. The number of ether oxygens (including phenoxy) is 1. The van der Waals surface area contributed by atoms with Crippen LogP contribution in [0.15, 0.2) is 24.4 Å². The Balaban J connectivity index is 2.15. The fourth-order valence-electron chi connectivity index (χ4n) is 2.29. The summed E-state index contributed by atoms with van der Waals surface area (Å²) in [6, 6.07) is 4.72. The zero-order chi connectivity index (χ0) is 13.7. The van der Waals surface area contributed by atoms with Crippen molar-refractivity contribution in [3.05, 3.63) is 30.1 Å². The average molecular weight is 262 g/mol. The number of rotatable bonds is 3. The van der Waals surface area contributed by atoms with Gasteiger partial charge < -0.3 is 9.64 Å². The molecule has 0 N–H and O–H groups in total. The van der Waals surface area contributed by atoms with E-state index in [1.54, 1.807) is 36.2 Å². The molecule has 5 nitrogen and oxygen atoms in total. The van der Waals surface area contributed by atoms with E-state index < -0.39 is 6.04 Å². The van der Waals surface area contributed by atoms with Gasteiger partial charge in [0, 0.05) is 12.7 Å². The number of aromatic nitrogens is 1. The molecular formula is C14H18N2O3. The monoisotopic (exact) mass is 262 g/mol. The van der Waals surface area contributed by atoms with Gasteiger partial charge in [0.1, 0.15) is 11.7 Å². The molecule has 1 saturated heterocycles. The molecule has 0 bridgehead atoms. The Morgan fingerprint density at radius 1 is 1.42 bits per heavy atom. The lowest BCUT2D eigenvalue weighted by molar-refractivity contribution is -0.149. The molecule has 0 radical (unpaired) electrons. The summed E-state index contributed by atoms with van der Waals surface area (Å²) in [6.07, 6.45) is 4.10. The molecule has 2 heterocycles. The van der Waals surface area contributed by atoms with Crippen LogP contribution in [0.2, 0.25) is 0 Å². The fraction of sp³-hybridized carbons (Fsp3) is 0.500. The Morgan fingerprint density at radius 2 is 2.26 bits per heavy atom. The summed E-state index contributed by atoms with van der Waals surface area (Å²) in [4.78, 5) is 29.9. The van der Waals surface area contributed by atoms with Gasteiger partial charge in [-0.3, -0.25) is 9.78 Å². The van der Waals surface area contributed by atoms with Crippen molar-refractivity contribution >= 4 is 11.9 Å². The number of carbonyl (C=O) groups is 2. The van der Waals surface area contributed by atoms with Crippen LogP contribution in [0.3, 0.4) is 0 Å². The second-order valence-corrected chi connectivity index (χ2v) is 4.48. The Labute approximate surface area is 112 Å². The third-order valence-electron chi connectivity index (χ3n) is 3.21. The van der Waals surface area contributed by atoms with Gasteiger partial charge in [0.15, 0.2) is 0 Å². The number of carbonyl (C=O) groups excluding carboxylic acids is 2. The van der Waals surface area contributed by atoms with Gasteiger partial charge in [0.05, 0.1) is 6.61 Å². The van der Waals surface area contributed by atoms with Crippen LogP contribution in [0.5, 0.6) is 0 Å². The van der Waals surface area contributed by atoms with E-state index in [0.29, 0.717) is 25.3 Å². The zero-order valence-electron chi connectivity index (χ0n) is 11.0. The minimum absolute atomic E-state index is 0.196. The first kappa shape index (κ1) is 13.5. The highest BCUT2D eigenvalue weighted by atomic mass is 16.5. The van der Waals surface area contributed by atoms with Gasteiger partial charge >= 0.3 is 5.97 Å². The maximum atomic E-state index is 12.4. The molecule has 1 aliphatic rings. The SMILES string of the molecule is CCOC(=O)C1CCCCN1C(=O)c1ccccn1. The van der Waals surface area contributed by atoms with Crippen molar-refractivity contribution < 1.29 is 14.3 Å². The van der Waals surface area contributed by atoms with Crippen molar-refractivity contribution in [2.75, 3.05) is 13.2 Å². The normalized spacial score (nSPS) is 19.0. The molecule has 1 aromatic rings. The number of amides is 1. The van der Waals surface area contributed by atoms with Gasteiger partial charge in [-0.05, 0) is 38.3 Å². The first-order chi connectivity index (χ1) is 9.24. The summed E-state index contributed by atoms with van der Waals surface area (Å²) in [5.41, 5.74) is 0.374. The Bertz CT molecular complexity index is 447. The van der Waals surface area contributed by atoms with E-state index in [9.17, 15) is 9.59 Å². The molecule has 0 aliphatic carbocycles. The summed E-state index contributed by atoms with van der Waals surface area (Å²) in [5, 5.41) is 0. The fourth-order valence-corrected chi connectivity index (χ4v) is 2.29. The molecule has 0 saturated carbocycles. The topological polar surface area (TPSA) is 59.5 Å². The van der Waals surface area contributed by atoms with Crippen molar-refractivity contribution in [1.82, 2.24) is 9.88 Å². The number of nitrogens with zero attached hydrogens (tertiary/aromatic N) is 2. The average Bonchev–Trinajstić information content (AvgIpc) is 2.47. The molecule has 19 heavy (non-hydrogen) atoms. The van der Waals surface area contributed by atoms with Crippen LogP contribution < -0.4 is 0 Å². The Kier molecular flexibility index (Phi) is 4.49. The first-order valence-electron chi connectivity index (χ1n) is 6.62. The number of hydrogen-bond donors (Lipinski definition) is 0. The lowest BCUT2D eigenvalue weighted by atomic mass is 10.0. The van der Waals surface area contributed by atoms with Gasteiger partial charge in [0.25, 0.3) is 5.91 Å². The maximum Gasteiger partial charge on any atom is 0.328 e. The molecule has 1 amide bonds. The molecule has 1 atom stereocenters. The molecular weight excluding hydrogens is 244 g/mol. The second kappa shape index (κ2) is 6.31. The molecule has 1 unspecified atom stereocenters. The zero-order valence-corrected chi connectivity index (χ0v) is 11.0. The standard InChI is InChI=1S/C14H18N2O3/c1-2-19-14(18)12-8-4-6-10-16(12)13(17)11-7-3-5-9-15-11/h3,5,7,9,12H,2,4,6,8,10H2,1H3. The Hall–Kier alpha value is -1.91. The van der Waals surface area contributed by atoms with E-state index in [2.05, 4.69) is 4.98 Å². The second-order valence-electron chi connectivity index (χ2n) is 4.48. The van der Waals surface area contributed by atoms with Crippen LogP contribution in [0.25, 0.3) is 0 Å². The number of likely N-dealkylation sites (tertiary alicyclic amines) is 1. The lowest BCUT2D eigenvalue weighted by Gasteiger charge is -2.33. The van der Waals surface area contributed by atoms with Crippen LogP contribution in [0.4, 0.5) is 0 Å². The van der Waals surface area contributed by atoms with Crippen molar-refractivity contribution in [3.63, 3.8) is 0 Å². The predicted molar refractivity (Wildman–Crippen MR) is 69.5 cm³/mol. The van der Waals surface area contributed by atoms with Crippen molar-refractivity contribution in [2.45, 2.75) is 32.2 Å². The van der Waals surface area contributed by atoms with Gasteiger partial charge in [0.2, 0.25) is 0 Å². The summed E-state index contributed by atoms with van der Waals surface area (Å²) in [7, 11) is 0. The number of hydrogen-bond acceptors (Lipinski definition) is 4. The van der Waals surface area contributed by atoms with Crippen molar-refractivity contribution in [3.8, 4) is 0 Å². The molecule has 2 rings (SSSR count). The van der Waals surface area contributed by atoms with Crippen LogP contribution >= 0.6 is 0 Å². The highest BCUT2D eigenvalue weighted by Gasteiger charge is 2.33. The van der Waals surface area contributed by atoms with E-state index in [-0.39, 0.29) is 11.9 Å². The smallest absolute Gasteiger partial charge is 0.328 e. The minimum Gasteiger partial charge on any atom is -0.464 e. The number of esters is 1. The lowest BCUT2D eigenvalue weighted by Crippen LogP contribution is -2.48. The summed E-state index contributed by atoms with van der Waals surface area (Å²) in [6.45, 7) is 2.69. The summed E-state index contributed by atoms with van der Waals surface area (Å²) >= 11 is 0. The van der Waals surface area contributed by atoms with E-state index in [1.807, 2.05) is 0 Å². The summed E-state index contributed by atoms with van der Waals surface area (Å²) in [5.74, 6) is -0.509. The predicted octanol–water partition coefficient (Wildman–Crippen LogP) is 1.64. The maximum absolute atomic E-state index is 12.4. The molecule has 1 fully saturated rings. The van der Waals surface area contributed by atoms with Crippen LogP contribution in [-0.4, -0.2) is 41.0 Å². The van der Waals surface area contributed by atoms with Gasteiger partial charge in [-0.25, -0.2) is 4.79 Å². The minimum atomic E-state index is -0.469. The number of pyridine rings is 1. The number of piperidine rings is 1. The summed E-state index contributed by atoms with van der Waals surface area (Å²) < 4.78 is 5.04. The van der Waals surface area contributed by atoms with Crippen molar-refractivity contribution in [2.24, 2.45) is 0 Å².